The van der Waals surface area contributed by atoms with Gasteiger partial charge in [0.1, 0.15) is 4.83 Å². The Morgan fingerprint density at radius 1 is 1.00 bits per heavy atom. The fourth-order valence-electron chi connectivity index (χ4n) is 2.48. The summed E-state index contributed by atoms with van der Waals surface area (Å²) in [6.07, 6.45) is 0. The van der Waals surface area contributed by atoms with Crippen molar-refractivity contribution in [1.29, 1.82) is 0 Å². The summed E-state index contributed by atoms with van der Waals surface area (Å²) in [6, 6.07) is 15.1. The number of alkyl halides is 1. The van der Waals surface area contributed by atoms with Gasteiger partial charge in [-0.1, -0.05) is 64.0 Å². The number of hydrogen-bond acceptors (Lipinski definition) is 3. The van der Waals surface area contributed by atoms with Gasteiger partial charge in [-0.25, -0.2) is 12.7 Å². The van der Waals surface area contributed by atoms with Gasteiger partial charge in [-0.2, -0.15) is 0 Å². The molecule has 0 aromatic heterocycles. The summed E-state index contributed by atoms with van der Waals surface area (Å²) >= 11 is 3.29. The Balaban J connectivity index is 2.02. The van der Waals surface area contributed by atoms with Crippen LogP contribution in [0.4, 0.5) is 0 Å². The van der Waals surface area contributed by atoms with Crippen LogP contribution in [0.5, 0.6) is 0 Å². The van der Waals surface area contributed by atoms with E-state index in [9.17, 15) is 13.2 Å². The van der Waals surface area contributed by atoms with Crippen LogP contribution in [-0.2, 0) is 14.8 Å². The van der Waals surface area contributed by atoms with Gasteiger partial charge in [0.15, 0.2) is 0 Å². The summed E-state index contributed by atoms with van der Waals surface area (Å²) in [4.78, 5) is 11.7. The molecule has 0 radical (unpaired) electrons. The van der Waals surface area contributed by atoms with E-state index in [1.165, 1.54) is 12.1 Å². The number of carbonyl (C=O) groups is 1. The number of halogens is 1. The van der Waals surface area contributed by atoms with E-state index in [0.29, 0.717) is 0 Å². The van der Waals surface area contributed by atoms with Crippen molar-refractivity contribution in [3.63, 3.8) is 0 Å². The number of rotatable bonds is 3. The molecule has 1 amide bonds. The summed E-state index contributed by atoms with van der Waals surface area (Å²) in [5.41, 5.74) is 1.76. The Hall–Kier alpha value is -1.66. The topological polar surface area (TPSA) is 54.5 Å². The molecule has 1 heterocycles. The largest absolute Gasteiger partial charge is 0.272 e. The van der Waals surface area contributed by atoms with Crippen molar-refractivity contribution in [3.05, 3.63) is 65.7 Å². The number of benzene rings is 2. The first-order valence-corrected chi connectivity index (χ1v) is 9.12. The standard InChI is InChI=1S/C16H14BrNO3S/c1-11-7-9-13(10-8-11)22(20,21)18-15(14(17)16(18)19)12-5-3-2-4-6-12/h2-10,14-15H,1H3. The first-order valence-electron chi connectivity index (χ1n) is 6.77. The number of amides is 1. The lowest BCUT2D eigenvalue weighted by molar-refractivity contribution is -0.136. The van der Waals surface area contributed by atoms with Crippen LogP contribution in [-0.4, -0.2) is 23.5 Å². The fourth-order valence-corrected chi connectivity index (χ4v) is 5.13. The molecule has 1 aliphatic rings. The van der Waals surface area contributed by atoms with Crippen LogP contribution in [0.25, 0.3) is 0 Å². The Bertz CT molecular complexity index is 803. The number of hydrogen-bond donors (Lipinski definition) is 0. The molecular weight excluding hydrogens is 366 g/mol. The monoisotopic (exact) mass is 379 g/mol. The van der Waals surface area contributed by atoms with Crippen LogP contribution < -0.4 is 0 Å². The van der Waals surface area contributed by atoms with Crippen molar-refractivity contribution in [2.45, 2.75) is 22.7 Å². The van der Waals surface area contributed by atoms with Crippen molar-refractivity contribution in [2.75, 3.05) is 0 Å². The van der Waals surface area contributed by atoms with E-state index in [1.54, 1.807) is 12.1 Å². The maximum atomic E-state index is 12.7. The van der Waals surface area contributed by atoms with Gasteiger partial charge < -0.3 is 0 Å². The lowest BCUT2D eigenvalue weighted by Gasteiger charge is -2.43. The summed E-state index contributed by atoms with van der Waals surface area (Å²) in [5.74, 6) is -0.436. The van der Waals surface area contributed by atoms with Crippen molar-refractivity contribution in [3.8, 4) is 0 Å². The summed E-state index contributed by atoms with van der Waals surface area (Å²) in [5, 5.41) is 0. The predicted molar refractivity (Wildman–Crippen MR) is 87.1 cm³/mol. The summed E-state index contributed by atoms with van der Waals surface area (Å²) in [7, 11) is -3.84. The van der Waals surface area contributed by atoms with Gasteiger partial charge >= 0.3 is 0 Å². The molecule has 2 unspecified atom stereocenters. The van der Waals surface area contributed by atoms with E-state index in [0.717, 1.165) is 15.4 Å². The van der Waals surface area contributed by atoms with Crippen LogP contribution in [0, 0.1) is 6.92 Å². The molecule has 6 heteroatoms. The summed E-state index contributed by atoms with van der Waals surface area (Å²) in [6.45, 7) is 1.88. The van der Waals surface area contributed by atoms with Crippen LogP contribution >= 0.6 is 15.9 Å². The van der Waals surface area contributed by atoms with Crippen LogP contribution in [0.1, 0.15) is 17.2 Å². The average Bonchev–Trinajstić information content (AvgIpc) is 2.52. The van der Waals surface area contributed by atoms with Crippen molar-refractivity contribution in [2.24, 2.45) is 0 Å². The van der Waals surface area contributed by atoms with Gasteiger partial charge in [0.25, 0.3) is 15.9 Å². The predicted octanol–water partition coefficient (Wildman–Crippen LogP) is 3.03. The zero-order valence-electron chi connectivity index (χ0n) is 11.8. The number of sulfonamides is 1. The van der Waals surface area contributed by atoms with Gasteiger partial charge in [0.05, 0.1) is 10.9 Å². The molecule has 22 heavy (non-hydrogen) atoms. The van der Waals surface area contributed by atoms with Gasteiger partial charge in [-0.15, -0.1) is 0 Å². The zero-order chi connectivity index (χ0) is 15.9. The maximum absolute atomic E-state index is 12.7. The molecule has 0 bridgehead atoms. The maximum Gasteiger partial charge on any atom is 0.267 e. The van der Waals surface area contributed by atoms with Gasteiger partial charge in [0, 0.05) is 0 Å². The van der Waals surface area contributed by atoms with Gasteiger partial charge in [0.2, 0.25) is 0 Å². The van der Waals surface area contributed by atoms with E-state index < -0.39 is 26.8 Å². The molecule has 3 rings (SSSR count). The van der Waals surface area contributed by atoms with E-state index in [2.05, 4.69) is 15.9 Å². The van der Waals surface area contributed by atoms with Gasteiger partial charge in [-0.05, 0) is 24.6 Å². The third-order valence-electron chi connectivity index (χ3n) is 3.70. The number of carbonyl (C=O) groups excluding carboxylic acids is 1. The molecule has 1 saturated heterocycles. The Morgan fingerprint density at radius 3 is 2.18 bits per heavy atom. The fraction of sp³-hybridized carbons (Fsp3) is 0.188. The Morgan fingerprint density at radius 2 is 1.59 bits per heavy atom. The van der Waals surface area contributed by atoms with Crippen molar-refractivity contribution < 1.29 is 13.2 Å². The van der Waals surface area contributed by atoms with Crippen LogP contribution in [0.2, 0.25) is 0 Å². The Labute approximate surface area is 137 Å². The Kier molecular flexibility index (Phi) is 3.82. The minimum atomic E-state index is -3.84. The minimum absolute atomic E-state index is 0.131. The van der Waals surface area contributed by atoms with E-state index in [1.807, 2.05) is 37.3 Å². The second-order valence-corrected chi connectivity index (χ2v) is 8.01. The number of nitrogens with zero attached hydrogens (tertiary/aromatic N) is 1. The molecule has 0 aliphatic carbocycles. The highest BCUT2D eigenvalue weighted by molar-refractivity contribution is 9.10. The SMILES string of the molecule is Cc1ccc(S(=O)(=O)N2C(=O)C(Br)C2c2ccccc2)cc1. The first kappa shape index (κ1) is 15.2. The quantitative estimate of drug-likeness (QED) is 0.608. The zero-order valence-corrected chi connectivity index (χ0v) is 14.2. The average molecular weight is 380 g/mol. The molecule has 2 aromatic rings. The highest BCUT2D eigenvalue weighted by atomic mass is 79.9. The third kappa shape index (κ3) is 2.36. The smallest absolute Gasteiger partial charge is 0.267 e. The van der Waals surface area contributed by atoms with Crippen LogP contribution in [0.15, 0.2) is 59.5 Å². The molecule has 1 fully saturated rings. The number of aryl methyl sites for hydroxylation is 1. The lowest BCUT2D eigenvalue weighted by atomic mass is 9.97. The summed E-state index contributed by atoms with van der Waals surface area (Å²) < 4.78 is 26.5. The molecule has 1 aliphatic heterocycles. The highest BCUT2D eigenvalue weighted by Gasteiger charge is 2.53. The molecule has 114 valence electrons. The highest BCUT2D eigenvalue weighted by Crippen LogP contribution is 2.43. The van der Waals surface area contributed by atoms with Gasteiger partial charge in [-0.3, -0.25) is 4.79 Å². The molecule has 2 aromatic carbocycles. The van der Waals surface area contributed by atoms with E-state index in [4.69, 9.17) is 0 Å². The normalized spacial score (nSPS) is 21.5. The molecule has 4 nitrogen and oxygen atoms in total. The van der Waals surface area contributed by atoms with Crippen molar-refractivity contribution >= 4 is 31.9 Å². The molecule has 0 spiro atoms. The van der Waals surface area contributed by atoms with E-state index in [-0.39, 0.29) is 4.90 Å². The van der Waals surface area contributed by atoms with Crippen LogP contribution in [0.3, 0.4) is 0 Å². The third-order valence-corrected chi connectivity index (χ3v) is 6.39. The second kappa shape index (κ2) is 5.52. The molecule has 0 N–H and O–H groups in total. The molecule has 2 atom stereocenters. The lowest BCUT2D eigenvalue weighted by Crippen LogP contribution is -2.58. The van der Waals surface area contributed by atoms with E-state index >= 15 is 0 Å². The second-order valence-electron chi connectivity index (χ2n) is 5.21. The minimum Gasteiger partial charge on any atom is -0.272 e. The first-order chi connectivity index (χ1) is 10.4. The number of β-lactam (4-membered cyclic amide) rings is 1. The van der Waals surface area contributed by atoms with Crippen molar-refractivity contribution in [1.82, 2.24) is 4.31 Å². The molecular formula is C16H14BrNO3S. The molecule has 0 saturated carbocycles.